The molecule has 4 rings (SSSR count). The van der Waals surface area contributed by atoms with Gasteiger partial charge in [-0.3, -0.25) is 4.79 Å². The van der Waals surface area contributed by atoms with Crippen molar-refractivity contribution < 1.29 is 9.90 Å². The molecule has 1 saturated heterocycles. The molecule has 1 heterocycles. The lowest BCUT2D eigenvalue weighted by Crippen LogP contribution is -2.38. The van der Waals surface area contributed by atoms with Crippen molar-refractivity contribution in [2.75, 3.05) is 13.1 Å². The first kappa shape index (κ1) is 21.1. The minimum atomic E-state index is 0.110. The summed E-state index contributed by atoms with van der Waals surface area (Å²) in [5.74, 6) is 0.925. The molecule has 0 radical (unpaired) electrons. The number of phenolic OH excluding ortho intramolecular Hbond substituents is 1. The molecular weight excluding hydrogens is 384 g/mol. The van der Waals surface area contributed by atoms with E-state index in [1.165, 1.54) is 5.56 Å². The van der Waals surface area contributed by atoms with Gasteiger partial charge in [-0.25, -0.2) is 0 Å². The summed E-state index contributed by atoms with van der Waals surface area (Å²) in [5, 5.41) is 9.97. The fourth-order valence-electron chi connectivity index (χ4n) is 4.43. The van der Waals surface area contributed by atoms with Crippen LogP contribution in [0, 0.1) is 0 Å². The summed E-state index contributed by atoms with van der Waals surface area (Å²) in [6, 6.07) is 23.9. The normalized spacial score (nSPS) is 14.5. The molecule has 1 aliphatic heterocycles. The molecule has 160 valence electrons. The van der Waals surface area contributed by atoms with Gasteiger partial charge in [-0.1, -0.05) is 54.6 Å². The van der Waals surface area contributed by atoms with Gasteiger partial charge in [-0.2, -0.15) is 0 Å². The highest BCUT2D eigenvalue weighted by Crippen LogP contribution is 2.29. The lowest BCUT2D eigenvalue weighted by molar-refractivity contribution is 0.0713. The summed E-state index contributed by atoms with van der Waals surface area (Å²) in [5.41, 5.74) is 11.1. The molecule has 0 bridgehead atoms. The summed E-state index contributed by atoms with van der Waals surface area (Å²) in [7, 11) is 0. The van der Waals surface area contributed by atoms with Crippen LogP contribution in [0.5, 0.6) is 5.75 Å². The van der Waals surface area contributed by atoms with E-state index in [9.17, 15) is 9.90 Å². The van der Waals surface area contributed by atoms with Gasteiger partial charge in [-0.05, 0) is 72.1 Å². The van der Waals surface area contributed by atoms with Gasteiger partial charge in [0.1, 0.15) is 5.75 Å². The number of para-hydroxylation sites is 1. The Morgan fingerprint density at radius 1 is 0.903 bits per heavy atom. The second-order valence-electron chi connectivity index (χ2n) is 8.34. The zero-order chi connectivity index (χ0) is 21.6. The number of nitrogens with two attached hydrogens (primary N) is 1. The summed E-state index contributed by atoms with van der Waals surface area (Å²) in [4.78, 5) is 15.1. The van der Waals surface area contributed by atoms with E-state index in [-0.39, 0.29) is 5.91 Å². The molecule has 3 aromatic rings. The lowest BCUT2D eigenvalue weighted by atomic mass is 9.88. The number of carbonyl (C=O) groups excluding carboxylic acids is 1. The molecule has 1 fully saturated rings. The first-order valence-electron chi connectivity index (χ1n) is 11.1. The summed E-state index contributed by atoms with van der Waals surface area (Å²) in [6.07, 6.45) is 3.50. The van der Waals surface area contributed by atoms with E-state index in [4.69, 9.17) is 5.73 Å². The maximum Gasteiger partial charge on any atom is 0.253 e. The number of amides is 1. The Morgan fingerprint density at radius 3 is 2.42 bits per heavy atom. The number of piperidine rings is 1. The van der Waals surface area contributed by atoms with Gasteiger partial charge >= 0.3 is 0 Å². The number of benzene rings is 3. The van der Waals surface area contributed by atoms with Crippen LogP contribution in [0.3, 0.4) is 0 Å². The Labute approximate surface area is 184 Å². The molecular formula is C27H30N2O2. The Bertz CT molecular complexity index is 1040. The molecule has 4 heteroatoms. The Kier molecular flexibility index (Phi) is 6.68. The van der Waals surface area contributed by atoms with Gasteiger partial charge in [-0.15, -0.1) is 0 Å². The van der Waals surface area contributed by atoms with Gasteiger partial charge < -0.3 is 15.7 Å². The molecule has 31 heavy (non-hydrogen) atoms. The van der Waals surface area contributed by atoms with Crippen molar-refractivity contribution >= 4 is 5.91 Å². The van der Waals surface area contributed by atoms with Crippen LogP contribution in [0.15, 0.2) is 72.8 Å². The van der Waals surface area contributed by atoms with Gasteiger partial charge in [0.05, 0.1) is 0 Å². The number of aromatic hydroxyl groups is 1. The molecule has 3 N–H and O–H groups in total. The maximum absolute atomic E-state index is 13.1. The predicted octanol–water partition coefficient (Wildman–Crippen LogP) is 4.66. The number of phenols is 1. The zero-order valence-electron chi connectivity index (χ0n) is 17.8. The van der Waals surface area contributed by atoms with Crippen LogP contribution >= 0.6 is 0 Å². The van der Waals surface area contributed by atoms with Crippen molar-refractivity contribution in [3.8, 4) is 5.75 Å². The number of hydrogen-bond donors (Lipinski definition) is 2. The van der Waals surface area contributed by atoms with Crippen molar-refractivity contribution in [1.82, 2.24) is 4.90 Å². The van der Waals surface area contributed by atoms with E-state index in [2.05, 4.69) is 24.3 Å². The second kappa shape index (κ2) is 9.80. The third-order valence-electron chi connectivity index (χ3n) is 6.29. The number of aryl methyl sites for hydroxylation is 2. The van der Waals surface area contributed by atoms with Crippen LogP contribution in [0.25, 0.3) is 0 Å². The molecule has 1 amide bonds. The van der Waals surface area contributed by atoms with Crippen LogP contribution in [-0.4, -0.2) is 29.0 Å². The highest BCUT2D eigenvalue weighted by atomic mass is 16.3. The van der Waals surface area contributed by atoms with Crippen molar-refractivity contribution in [3.05, 3.63) is 101 Å². The summed E-state index contributed by atoms with van der Waals surface area (Å²) < 4.78 is 0. The zero-order valence-corrected chi connectivity index (χ0v) is 17.8. The van der Waals surface area contributed by atoms with Crippen LogP contribution < -0.4 is 5.73 Å². The summed E-state index contributed by atoms with van der Waals surface area (Å²) >= 11 is 0. The van der Waals surface area contributed by atoms with Crippen LogP contribution in [0.4, 0.5) is 0 Å². The fraction of sp³-hybridized carbons (Fsp3) is 0.296. The molecule has 1 aliphatic rings. The van der Waals surface area contributed by atoms with E-state index >= 15 is 0 Å². The molecule has 0 saturated carbocycles. The van der Waals surface area contributed by atoms with Crippen molar-refractivity contribution in [2.24, 2.45) is 5.73 Å². The van der Waals surface area contributed by atoms with Crippen molar-refractivity contribution in [3.63, 3.8) is 0 Å². The van der Waals surface area contributed by atoms with Gasteiger partial charge in [0.25, 0.3) is 5.91 Å². The number of likely N-dealkylation sites (tertiary alicyclic amines) is 1. The van der Waals surface area contributed by atoms with Crippen molar-refractivity contribution in [2.45, 2.75) is 38.1 Å². The number of hydrogen-bond acceptors (Lipinski definition) is 3. The standard InChI is InChI=1S/C27H30N2O2/c28-19-21-6-4-8-24(18-21)22-13-15-29(16-14-22)27(31)25-9-3-5-20(17-25)11-12-23-7-1-2-10-26(23)30/h1-10,17-18,22,30H,11-16,19,28H2. The van der Waals surface area contributed by atoms with Gasteiger partial charge in [0, 0.05) is 25.2 Å². The summed E-state index contributed by atoms with van der Waals surface area (Å²) in [6.45, 7) is 2.11. The monoisotopic (exact) mass is 414 g/mol. The molecule has 0 aromatic heterocycles. The SMILES string of the molecule is NCc1cccc(C2CCN(C(=O)c3cccc(CCc4ccccc4O)c3)CC2)c1. The molecule has 0 atom stereocenters. The Balaban J connectivity index is 1.36. The Morgan fingerprint density at radius 2 is 1.65 bits per heavy atom. The highest BCUT2D eigenvalue weighted by Gasteiger charge is 2.24. The van der Waals surface area contributed by atoms with E-state index in [1.807, 2.05) is 47.4 Å². The Hall–Kier alpha value is -3.11. The quantitative estimate of drug-likeness (QED) is 0.617. The van der Waals surface area contributed by atoms with Crippen molar-refractivity contribution in [1.29, 1.82) is 0 Å². The van der Waals surface area contributed by atoms with E-state index < -0.39 is 0 Å². The molecule has 0 aliphatic carbocycles. The predicted molar refractivity (Wildman–Crippen MR) is 124 cm³/mol. The second-order valence-corrected chi connectivity index (χ2v) is 8.34. The van der Waals surface area contributed by atoms with Crippen LogP contribution in [0.1, 0.15) is 51.4 Å². The highest BCUT2D eigenvalue weighted by molar-refractivity contribution is 5.94. The fourth-order valence-corrected chi connectivity index (χ4v) is 4.43. The minimum absolute atomic E-state index is 0.110. The largest absolute Gasteiger partial charge is 0.508 e. The van der Waals surface area contributed by atoms with Gasteiger partial charge in [0.2, 0.25) is 0 Å². The third-order valence-corrected chi connectivity index (χ3v) is 6.29. The average Bonchev–Trinajstić information content (AvgIpc) is 2.83. The van der Waals surface area contributed by atoms with Crippen LogP contribution in [0.2, 0.25) is 0 Å². The van der Waals surface area contributed by atoms with E-state index in [1.54, 1.807) is 6.07 Å². The number of nitrogens with zero attached hydrogens (tertiary/aromatic N) is 1. The third kappa shape index (κ3) is 5.15. The molecule has 0 spiro atoms. The number of carbonyl (C=O) groups is 1. The minimum Gasteiger partial charge on any atom is -0.508 e. The maximum atomic E-state index is 13.1. The lowest BCUT2D eigenvalue weighted by Gasteiger charge is -2.32. The average molecular weight is 415 g/mol. The van der Waals surface area contributed by atoms with E-state index in [0.717, 1.165) is 61.0 Å². The first-order chi connectivity index (χ1) is 15.1. The topological polar surface area (TPSA) is 66.6 Å². The van der Waals surface area contributed by atoms with E-state index in [0.29, 0.717) is 18.2 Å². The van der Waals surface area contributed by atoms with Crippen LogP contribution in [-0.2, 0) is 19.4 Å². The first-order valence-corrected chi connectivity index (χ1v) is 11.1. The molecule has 4 nitrogen and oxygen atoms in total. The smallest absolute Gasteiger partial charge is 0.253 e. The number of rotatable bonds is 6. The molecule has 3 aromatic carbocycles. The molecule has 0 unspecified atom stereocenters. The van der Waals surface area contributed by atoms with Gasteiger partial charge in [0.15, 0.2) is 0 Å².